The Bertz CT molecular complexity index is 189. The van der Waals surface area contributed by atoms with Crippen LogP contribution in [0, 0.1) is 0 Å². The van der Waals surface area contributed by atoms with E-state index in [1.807, 2.05) is 14.0 Å². The van der Waals surface area contributed by atoms with Gasteiger partial charge in [0.25, 0.3) is 5.91 Å². The maximum absolute atomic E-state index is 11.7. The Morgan fingerprint density at radius 3 is 2.86 bits per heavy atom. The molecule has 2 N–H and O–H groups in total. The molecular weight excluding hydrogens is 180 g/mol. The molecule has 0 bridgehead atoms. The first kappa shape index (κ1) is 11.5. The average Bonchev–Trinajstić information content (AvgIpc) is 2.61. The number of ether oxygens (including phenoxy) is 1. The second-order valence-electron chi connectivity index (χ2n) is 3.90. The Morgan fingerprint density at radius 1 is 1.50 bits per heavy atom. The highest BCUT2D eigenvalue weighted by Gasteiger charge is 2.37. The first-order valence-corrected chi connectivity index (χ1v) is 5.26. The van der Waals surface area contributed by atoms with Crippen LogP contribution in [0.1, 0.15) is 26.2 Å². The van der Waals surface area contributed by atoms with Crippen LogP contribution in [0.15, 0.2) is 0 Å². The lowest BCUT2D eigenvalue weighted by Crippen LogP contribution is -2.44. The third-order valence-corrected chi connectivity index (χ3v) is 2.59. The lowest BCUT2D eigenvalue weighted by molar-refractivity contribution is -0.139. The molecule has 1 heterocycles. The molecule has 4 heteroatoms. The van der Waals surface area contributed by atoms with Gasteiger partial charge in [0.15, 0.2) is 0 Å². The molecule has 0 aromatic carbocycles. The van der Waals surface area contributed by atoms with Crippen molar-refractivity contribution in [1.82, 2.24) is 10.6 Å². The van der Waals surface area contributed by atoms with Gasteiger partial charge in [0.05, 0.1) is 0 Å². The standard InChI is InChI=1S/C10H20N2O2/c1-10(5-3-8-14-10)9(13)12-7-4-6-11-2/h11H,3-8H2,1-2H3,(H,12,13). The van der Waals surface area contributed by atoms with Crippen molar-refractivity contribution in [2.75, 3.05) is 26.7 Å². The largest absolute Gasteiger partial charge is 0.365 e. The average molecular weight is 200 g/mol. The molecule has 14 heavy (non-hydrogen) atoms. The van der Waals surface area contributed by atoms with Gasteiger partial charge in [0.2, 0.25) is 0 Å². The van der Waals surface area contributed by atoms with Crippen LogP contribution in [0.4, 0.5) is 0 Å². The fraction of sp³-hybridized carbons (Fsp3) is 0.900. The minimum atomic E-state index is -0.570. The smallest absolute Gasteiger partial charge is 0.251 e. The number of amides is 1. The summed E-state index contributed by atoms with van der Waals surface area (Å²) >= 11 is 0. The summed E-state index contributed by atoms with van der Waals surface area (Å²) in [5, 5.41) is 5.93. The fourth-order valence-corrected chi connectivity index (χ4v) is 1.61. The first-order chi connectivity index (χ1) is 6.69. The van der Waals surface area contributed by atoms with Gasteiger partial charge >= 0.3 is 0 Å². The van der Waals surface area contributed by atoms with Crippen LogP contribution >= 0.6 is 0 Å². The monoisotopic (exact) mass is 200 g/mol. The molecule has 1 unspecified atom stereocenters. The molecule has 1 atom stereocenters. The molecule has 1 fully saturated rings. The molecule has 0 saturated carbocycles. The predicted octanol–water partition coefficient (Wildman–Crippen LogP) is 0.281. The molecule has 1 saturated heterocycles. The highest BCUT2D eigenvalue weighted by Crippen LogP contribution is 2.24. The van der Waals surface area contributed by atoms with Crippen molar-refractivity contribution in [1.29, 1.82) is 0 Å². The molecule has 4 nitrogen and oxygen atoms in total. The number of carbonyl (C=O) groups is 1. The number of nitrogens with one attached hydrogen (secondary N) is 2. The van der Waals surface area contributed by atoms with Crippen molar-refractivity contribution in [2.45, 2.75) is 31.8 Å². The Kier molecular flexibility index (Phi) is 4.35. The lowest BCUT2D eigenvalue weighted by atomic mass is 10.0. The zero-order chi connectivity index (χ0) is 10.4. The summed E-state index contributed by atoms with van der Waals surface area (Å²) in [6.45, 7) is 4.23. The minimum absolute atomic E-state index is 0.0334. The van der Waals surface area contributed by atoms with Gasteiger partial charge in [-0.05, 0) is 39.8 Å². The zero-order valence-electron chi connectivity index (χ0n) is 9.06. The molecule has 82 valence electrons. The Hall–Kier alpha value is -0.610. The Morgan fingerprint density at radius 2 is 2.29 bits per heavy atom. The molecule has 1 aliphatic heterocycles. The predicted molar refractivity (Wildman–Crippen MR) is 55.1 cm³/mol. The van der Waals surface area contributed by atoms with Gasteiger partial charge in [-0.2, -0.15) is 0 Å². The van der Waals surface area contributed by atoms with E-state index in [9.17, 15) is 4.79 Å². The number of hydrogen-bond acceptors (Lipinski definition) is 3. The third kappa shape index (κ3) is 2.96. The van der Waals surface area contributed by atoms with Gasteiger partial charge in [0.1, 0.15) is 5.60 Å². The van der Waals surface area contributed by atoms with Crippen molar-refractivity contribution in [3.8, 4) is 0 Å². The second-order valence-corrected chi connectivity index (χ2v) is 3.90. The van der Waals surface area contributed by atoms with Crippen molar-refractivity contribution in [3.63, 3.8) is 0 Å². The number of carbonyl (C=O) groups excluding carboxylic acids is 1. The maximum Gasteiger partial charge on any atom is 0.251 e. The summed E-state index contributed by atoms with van der Waals surface area (Å²) in [6, 6.07) is 0. The van der Waals surface area contributed by atoms with Crippen molar-refractivity contribution in [2.24, 2.45) is 0 Å². The van der Waals surface area contributed by atoms with Gasteiger partial charge in [0, 0.05) is 13.2 Å². The van der Waals surface area contributed by atoms with Crippen molar-refractivity contribution in [3.05, 3.63) is 0 Å². The summed E-state index contributed by atoms with van der Waals surface area (Å²) in [5.41, 5.74) is -0.570. The molecule has 1 amide bonds. The summed E-state index contributed by atoms with van der Waals surface area (Å²) in [5.74, 6) is 0.0334. The quantitative estimate of drug-likeness (QED) is 0.627. The topological polar surface area (TPSA) is 50.4 Å². The van der Waals surface area contributed by atoms with Crippen molar-refractivity contribution >= 4 is 5.91 Å². The number of rotatable bonds is 5. The number of hydrogen-bond donors (Lipinski definition) is 2. The summed E-state index contributed by atoms with van der Waals surface area (Å²) in [4.78, 5) is 11.7. The molecule has 1 aliphatic rings. The van der Waals surface area contributed by atoms with Gasteiger partial charge in [-0.3, -0.25) is 4.79 Å². The van der Waals surface area contributed by atoms with E-state index in [0.29, 0.717) is 6.61 Å². The van der Waals surface area contributed by atoms with E-state index in [2.05, 4.69) is 10.6 Å². The van der Waals surface area contributed by atoms with E-state index < -0.39 is 5.60 Å². The van der Waals surface area contributed by atoms with Crippen LogP contribution in [-0.4, -0.2) is 38.3 Å². The Balaban J connectivity index is 2.20. The first-order valence-electron chi connectivity index (χ1n) is 5.26. The van der Waals surface area contributed by atoms with Crippen molar-refractivity contribution < 1.29 is 9.53 Å². The molecule has 0 aliphatic carbocycles. The molecule has 1 rings (SSSR count). The van der Waals surface area contributed by atoms with Crippen LogP contribution in [0.3, 0.4) is 0 Å². The van der Waals surface area contributed by atoms with Crippen LogP contribution in [-0.2, 0) is 9.53 Å². The van der Waals surface area contributed by atoms with E-state index >= 15 is 0 Å². The van der Waals surface area contributed by atoms with Crippen LogP contribution in [0.25, 0.3) is 0 Å². The molecule has 0 spiro atoms. The van der Waals surface area contributed by atoms with E-state index in [0.717, 1.165) is 32.4 Å². The molecule has 0 aromatic rings. The SMILES string of the molecule is CNCCCNC(=O)C1(C)CCCO1. The molecular formula is C10H20N2O2. The normalized spacial score (nSPS) is 26.4. The van der Waals surface area contributed by atoms with E-state index in [1.165, 1.54) is 0 Å². The summed E-state index contributed by atoms with van der Waals surface area (Å²) in [6.07, 6.45) is 2.78. The van der Waals surface area contributed by atoms with Crippen LogP contribution < -0.4 is 10.6 Å². The third-order valence-electron chi connectivity index (χ3n) is 2.59. The van der Waals surface area contributed by atoms with E-state index in [4.69, 9.17) is 4.74 Å². The van der Waals surface area contributed by atoms with Gasteiger partial charge in [-0.25, -0.2) is 0 Å². The highest BCUT2D eigenvalue weighted by atomic mass is 16.5. The van der Waals surface area contributed by atoms with Crippen LogP contribution in [0.5, 0.6) is 0 Å². The minimum Gasteiger partial charge on any atom is -0.365 e. The lowest BCUT2D eigenvalue weighted by Gasteiger charge is -2.21. The van der Waals surface area contributed by atoms with E-state index in [1.54, 1.807) is 0 Å². The van der Waals surface area contributed by atoms with E-state index in [-0.39, 0.29) is 5.91 Å². The second kappa shape index (κ2) is 5.32. The molecule has 0 radical (unpaired) electrons. The highest BCUT2D eigenvalue weighted by molar-refractivity contribution is 5.84. The summed E-state index contributed by atoms with van der Waals surface area (Å²) in [7, 11) is 1.91. The Labute approximate surface area is 85.4 Å². The fourth-order valence-electron chi connectivity index (χ4n) is 1.61. The van der Waals surface area contributed by atoms with Gasteiger partial charge < -0.3 is 15.4 Å². The maximum atomic E-state index is 11.7. The van der Waals surface area contributed by atoms with Gasteiger partial charge in [-0.15, -0.1) is 0 Å². The zero-order valence-corrected chi connectivity index (χ0v) is 9.06. The molecule has 0 aromatic heterocycles. The van der Waals surface area contributed by atoms with Crippen LogP contribution in [0.2, 0.25) is 0 Å². The summed E-state index contributed by atoms with van der Waals surface area (Å²) < 4.78 is 5.43. The van der Waals surface area contributed by atoms with Gasteiger partial charge in [-0.1, -0.05) is 0 Å².